The van der Waals surface area contributed by atoms with E-state index in [-0.39, 0.29) is 11.8 Å². The molecule has 1 aliphatic rings. The number of likely N-dealkylation sites (N-methyl/N-ethyl adjacent to an activating group) is 1. The van der Waals surface area contributed by atoms with Crippen LogP contribution in [0.15, 0.2) is 0 Å². The molecular weight excluding hydrogens is 238 g/mol. The summed E-state index contributed by atoms with van der Waals surface area (Å²) in [5.41, 5.74) is 0. The molecule has 1 atom stereocenters. The molecule has 1 unspecified atom stereocenters. The first-order valence-electron chi connectivity index (χ1n) is 6.31. The minimum atomic E-state index is -3.10. The third-order valence-corrected chi connectivity index (χ3v) is 4.40. The van der Waals surface area contributed by atoms with E-state index in [1.165, 1.54) is 0 Å². The Morgan fingerprint density at radius 2 is 2.12 bits per heavy atom. The monoisotopic (exact) mass is 263 g/mol. The maximum Gasteiger partial charge on any atom is 0.211 e. The van der Waals surface area contributed by atoms with Crippen LogP contribution in [0, 0.1) is 0 Å². The maximum absolute atomic E-state index is 11.8. The second-order valence-electron chi connectivity index (χ2n) is 5.15. The molecule has 2 N–H and O–H groups in total. The molecule has 5 nitrogen and oxygen atoms in total. The molecule has 1 rings (SSSR count). The van der Waals surface area contributed by atoms with Gasteiger partial charge in [-0.25, -0.2) is 13.1 Å². The van der Waals surface area contributed by atoms with Crippen LogP contribution in [0.5, 0.6) is 0 Å². The Kier molecular flexibility index (Phi) is 5.85. The van der Waals surface area contributed by atoms with Crippen LogP contribution >= 0.6 is 0 Å². The fourth-order valence-corrected chi connectivity index (χ4v) is 3.34. The van der Waals surface area contributed by atoms with Gasteiger partial charge in [0.25, 0.3) is 0 Å². The van der Waals surface area contributed by atoms with Gasteiger partial charge in [0.1, 0.15) is 0 Å². The smallest absolute Gasteiger partial charge is 0.211 e. The van der Waals surface area contributed by atoms with E-state index in [4.69, 9.17) is 0 Å². The summed E-state index contributed by atoms with van der Waals surface area (Å²) in [5, 5.41) is 3.22. The van der Waals surface area contributed by atoms with E-state index in [9.17, 15) is 8.42 Å². The summed E-state index contributed by atoms with van der Waals surface area (Å²) in [7, 11) is -1.09. The van der Waals surface area contributed by atoms with E-state index < -0.39 is 10.0 Å². The van der Waals surface area contributed by atoms with Crippen molar-refractivity contribution in [1.82, 2.24) is 14.9 Å². The molecule has 1 fully saturated rings. The number of hydrogen-bond donors (Lipinski definition) is 2. The minimum absolute atomic E-state index is 0.100. The molecule has 0 spiro atoms. The number of rotatable bonds is 7. The molecule has 0 amide bonds. The van der Waals surface area contributed by atoms with Gasteiger partial charge in [0, 0.05) is 18.6 Å². The predicted octanol–water partition coefficient (Wildman–Crippen LogP) is -0.00200. The highest BCUT2D eigenvalue weighted by Crippen LogP contribution is 2.07. The fraction of sp³-hybridized carbons (Fsp3) is 1.00. The molecule has 0 aromatic carbocycles. The molecule has 1 aliphatic heterocycles. The number of likely N-dealkylation sites (tertiary alicyclic amines) is 1. The van der Waals surface area contributed by atoms with Gasteiger partial charge in [0.15, 0.2) is 0 Å². The highest BCUT2D eigenvalue weighted by Gasteiger charge is 2.23. The summed E-state index contributed by atoms with van der Waals surface area (Å²) in [6.07, 6.45) is 1.58. The molecule has 0 bridgehead atoms. The topological polar surface area (TPSA) is 61.4 Å². The van der Waals surface area contributed by atoms with Crippen LogP contribution in [0.1, 0.15) is 26.7 Å². The van der Waals surface area contributed by atoms with Crippen LogP contribution in [0.3, 0.4) is 0 Å². The molecule has 17 heavy (non-hydrogen) atoms. The van der Waals surface area contributed by atoms with Crippen molar-refractivity contribution >= 4 is 10.0 Å². The molecule has 1 heterocycles. The Morgan fingerprint density at radius 3 is 2.65 bits per heavy atom. The van der Waals surface area contributed by atoms with Crippen LogP contribution in [-0.2, 0) is 10.0 Å². The van der Waals surface area contributed by atoms with Crippen LogP contribution in [0.4, 0.5) is 0 Å². The fourth-order valence-electron chi connectivity index (χ4n) is 2.00. The molecular formula is C11H25N3O2S. The summed E-state index contributed by atoms with van der Waals surface area (Å²) in [5.74, 6) is 0.215. The molecule has 0 saturated carbocycles. The van der Waals surface area contributed by atoms with E-state index in [1.54, 1.807) is 0 Å². The van der Waals surface area contributed by atoms with Crippen molar-refractivity contribution in [3.63, 3.8) is 0 Å². The Labute approximate surface area is 105 Å². The van der Waals surface area contributed by atoms with E-state index in [0.29, 0.717) is 12.5 Å². The number of nitrogens with one attached hydrogen (secondary N) is 2. The molecule has 1 saturated heterocycles. The maximum atomic E-state index is 11.8. The summed E-state index contributed by atoms with van der Waals surface area (Å²) in [6, 6.07) is 0.511. The van der Waals surface area contributed by atoms with Gasteiger partial charge in [-0.1, -0.05) is 13.8 Å². The quantitative estimate of drug-likeness (QED) is 0.635. The Hall–Kier alpha value is -0.170. The van der Waals surface area contributed by atoms with Crippen molar-refractivity contribution < 1.29 is 8.42 Å². The normalized spacial score (nSPS) is 22.5. The standard InChI is InChI=1S/C11H25N3O2S/c1-10(2)12-6-4-8-17(15,16)13-11-5-7-14(3)9-11/h10-13H,4-9H2,1-3H3. The first-order valence-corrected chi connectivity index (χ1v) is 7.96. The second-order valence-corrected chi connectivity index (χ2v) is 7.02. The van der Waals surface area contributed by atoms with Gasteiger partial charge in [0.05, 0.1) is 5.75 Å². The molecule has 102 valence electrons. The van der Waals surface area contributed by atoms with Gasteiger partial charge in [-0.3, -0.25) is 0 Å². The first-order chi connectivity index (χ1) is 7.89. The number of sulfonamides is 1. The number of hydrogen-bond acceptors (Lipinski definition) is 4. The lowest BCUT2D eigenvalue weighted by Gasteiger charge is -2.13. The van der Waals surface area contributed by atoms with E-state index in [1.807, 2.05) is 7.05 Å². The van der Waals surface area contributed by atoms with Crippen molar-refractivity contribution in [3.8, 4) is 0 Å². The summed E-state index contributed by atoms with van der Waals surface area (Å²) in [6.45, 7) is 6.66. The zero-order valence-corrected chi connectivity index (χ0v) is 11.9. The number of nitrogens with zero attached hydrogens (tertiary/aromatic N) is 1. The first kappa shape index (κ1) is 14.9. The van der Waals surface area contributed by atoms with Crippen molar-refractivity contribution in [2.75, 3.05) is 32.4 Å². The molecule has 0 aliphatic carbocycles. The lowest BCUT2D eigenvalue weighted by atomic mass is 10.3. The van der Waals surface area contributed by atoms with Gasteiger partial charge in [-0.05, 0) is 33.0 Å². The van der Waals surface area contributed by atoms with Crippen LogP contribution < -0.4 is 10.0 Å². The highest BCUT2D eigenvalue weighted by atomic mass is 32.2. The zero-order chi connectivity index (χ0) is 12.9. The lowest BCUT2D eigenvalue weighted by Crippen LogP contribution is -2.38. The van der Waals surface area contributed by atoms with E-state index >= 15 is 0 Å². The van der Waals surface area contributed by atoms with Gasteiger partial charge < -0.3 is 10.2 Å². The van der Waals surface area contributed by atoms with Crippen molar-refractivity contribution in [2.45, 2.75) is 38.8 Å². The van der Waals surface area contributed by atoms with Crippen LogP contribution in [0.25, 0.3) is 0 Å². The largest absolute Gasteiger partial charge is 0.314 e. The van der Waals surface area contributed by atoms with E-state index in [2.05, 4.69) is 28.8 Å². The Morgan fingerprint density at radius 1 is 1.41 bits per heavy atom. The minimum Gasteiger partial charge on any atom is -0.314 e. The predicted molar refractivity (Wildman–Crippen MR) is 70.6 cm³/mol. The average Bonchev–Trinajstić information content (AvgIpc) is 2.57. The van der Waals surface area contributed by atoms with Crippen molar-refractivity contribution in [1.29, 1.82) is 0 Å². The molecule has 0 radical (unpaired) electrons. The summed E-state index contributed by atoms with van der Waals surface area (Å²) in [4.78, 5) is 2.15. The third kappa shape index (κ3) is 6.35. The van der Waals surface area contributed by atoms with Crippen molar-refractivity contribution in [3.05, 3.63) is 0 Å². The molecule has 6 heteroatoms. The highest BCUT2D eigenvalue weighted by molar-refractivity contribution is 7.89. The summed E-state index contributed by atoms with van der Waals surface area (Å²) < 4.78 is 26.3. The molecule has 0 aromatic rings. The van der Waals surface area contributed by atoms with Gasteiger partial charge >= 0.3 is 0 Å². The van der Waals surface area contributed by atoms with Gasteiger partial charge in [0.2, 0.25) is 10.0 Å². The third-order valence-electron chi connectivity index (χ3n) is 2.88. The van der Waals surface area contributed by atoms with Gasteiger partial charge in [-0.2, -0.15) is 0 Å². The Bertz CT molecular complexity index is 317. The lowest BCUT2D eigenvalue weighted by molar-refractivity contribution is 0.407. The van der Waals surface area contributed by atoms with Crippen LogP contribution in [0.2, 0.25) is 0 Å². The van der Waals surface area contributed by atoms with Gasteiger partial charge in [-0.15, -0.1) is 0 Å². The SMILES string of the molecule is CC(C)NCCCS(=O)(=O)NC1CCN(C)C1. The van der Waals surface area contributed by atoms with Crippen molar-refractivity contribution in [2.24, 2.45) is 0 Å². The van der Waals surface area contributed by atoms with E-state index in [0.717, 1.165) is 26.1 Å². The summed E-state index contributed by atoms with van der Waals surface area (Å²) >= 11 is 0. The van der Waals surface area contributed by atoms with Crippen LogP contribution in [-0.4, -0.2) is 57.8 Å². The second kappa shape index (κ2) is 6.68. The average molecular weight is 263 g/mol. The molecule has 0 aromatic heterocycles. The zero-order valence-electron chi connectivity index (χ0n) is 11.1. The Balaban J connectivity index is 2.22.